The van der Waals surface area contributed by atoms with Crippen molar-refractivity contribution < 1.29 is 19.5 Å². The van der Waals surface area contributed by atoms with E-state index in [1.54, 1.807) is 36.4 Å². The van der Waals surface area contributed by atoms with Gasteiger partial charge in [-0.15, -0.1) is 0 Å². The van der Waals surface area contributed by atoms with Crippen molar-refractivity contribution in [3.8, 4) is 0 Å². The van der Waals surface area contributed by atoms with Crippen molar-refractivity contribution in [1.29, 1.82) is 0 Å². The molecule has 3 aromatic rings. The molecule has 0 saturated heterocycles. The van der Waals surface area contributed by atoms with Crippen LogP contribution in [0.3, 0.4) is 0 Å². The van der Waals surface area contributed by atoms with Crippen LogP contribution in [0.5, 0.6) is 0 Å². The van der Waals surface area contributed by atoms with E-state index >= 15 is 0 Å². The maximum absolute atomic E-state index is 12.8. The number of halogens is 1. The van der Waals surface area contributed by atoms with Gasteiger partial charge in [0.1, 0.15) is 5.70 Å². The van der Waals surface area contributed by atoms with E-state index in [1.807, 2.05) is 30.3 Å². The van der Waals surface area contributed by atoms with Gasteiger partial charge in [0.25, 0.3) is 11.8 Å². The van der Waals surface area contributed by atoms with Crippen molar-refractivity contribution in [2.45, 2.75) is 0 Å². The molecule has 0 fully saturated rings. The Hall–Kier alpha value is -4.16. The summed E-state index contributed by atoms with van der Waals surface area (Å²) in [6.07, 6.45) is 4.91. The van der Waals surface area contributed by atoms with Gasteiger partial charge in [-0.2, -0.15) is 0 Å². The van der Waals surface area contributed by atoms with Gasteiger partial charge in [0, 0.05) is 5.69 Å². The monoisotopic (exact) mass is 446 g/mol. The zero-order valence-corrected chi connectivity index (χ0v) is 17.5. The van der Waals surface area contributed by atoms with Gasteiger partial charge in [0.05, 0.1) is 16.1 Å². The molecule has 0 aliphatic carbocycles. The summed E-state index contributed by atoms with van der Waals surface area (Å²) < 4.78 is 0. The van der Waals surface area contributed by atoms with Crippen LogP contribution in [0.25, 0.3) is 6.08 Å². The van der Waals surface area contributed by atoms with E-state index in [2.05, 4.69) is 10.6 Å². The van der Waals surface area contributed by atoms with Crippen molar-refractivity contribution in [3.05, 3.63) is 118 Å². The minimum Gasteiger partial charge on any atom is -0.478 e. The molecule has 0 heterocycles. The van der Waals surface area contributed by atoms with Crippen molar-refractivity contribution in [1.82, 2.24) is 5.32 Å². The SMILES string of the molecule is O=C(Nc1ccc(C(=O)O)cc1)/C(=C/C=C/c1ccccc1)NC(=O)c1ccccc1Cl. The quantitative estimate of drug-likeness (QED) is 0.351. The third kappa shape index (κ3) is 6.17. The molecule has 32 heavy (non-hydrogen) atoms. The molecule has 3 N–H and O–H groups in total. The summed E-state index contributed by atoms with van der Waals surface area (Å²) in [7, 11) is 0. The molecule has 0 spiro atoms. The number of benzene rings is 3. The van der Waals surface area contributed by atoms with Gasteiger partial charge in [0.2, 0.25) is 0 Å². The van der Waals surface area contributed by atoms with Crippen molar-refractivity contribution in [2.24, 2.45) is 0 Å². The van der Waals surface area contributed by atoms with Gasteiger partial charge in [0.15, 0.2) is 0 Å². The second kappa shape index (κ2) is 10.7. The van der Waals surface area contributed by atoms with Crippen LogP contribution in [0.1, 0.15) is 26.3 Å². The Morgan fingerprint density at radius 1 is 0.844 bits per heavy atom. The maximum Gasteiger partial charge on any atom is 0.335 e. The maximum atomic E-state index is 12.8. The predicted molar refractivity (Wildman–Crippen MR) is 125 cm³/mol. The Labute approximate surface area is 189 Å². The number of carbonyl (C=O) groups is 3. The van der Waals surface area contributed by atoms with Crippen molar-refractivity contribution in [3.63, 3.8) is 0 Å². The van der Waals surface area contributed by atoms with Gasteiger partial charge in [-0.05, 0) is 48.0 Å². The smallest absolute Gasteiger partial charge is 0.335 e. The van der Waals surface area contributed by atoms with E-state index in [0.29, 0.717) is 5.69 Å². The van der Waals surface area contributed by atoms with E-state index in [9.17, 15) is 14.4 Å². The lowest BCUT2D eigenvalue weighted by Crippen LogP contribution is -2.31. The standard InChI is InChI=1S/C25H19ClN2O4/c26-21-11-5-4-10-20(21)23(29)28-22(12-6-9-17-7-2-1-3-8-17)24(30)27-19-15-13-18(14-16-19)25(31)32/h1-16H,(H,27,30)(H,28,29)(H,31,32)/b9-6+,22-12-. The molecule has 0 radical (unpaired) electrons. The molecule has 0 saturated carbocycles. The number of hydrogen-bond donors (Lipinski definition) is 3. The molecule has 0 aliphatic heterocycles. The molecule has 0 bridgehead atoms. The van der Waals surface area contributed by atoms with Crippen LogP contribution in [0.15, 0.2) is 96.7 Å². The molecule has 0 unspecified atom stereocenters. The fraction of sp³-hybridized carbons (Fsp3) is 0. The summed E-state index contributed by atoms with van der Waals surface area (Å²) in [5.41, 5.74) is 1.61. The molecule has 0 aromatic heterocycles. The number of carbonyl (C=O) groups excluding carboxylic acids is 2. The van der Waals surface area contributed by atoms with E-state index in [4.69, 9.17) is 16.7 Å². The number of aromatic carboxylic acids is 1. The zero-order chi connectivity index (χ0) is 22.9. The largest absolute Gasteiger partial charge is 0.478 e. The minimum absolute atomic E-state index is 0.00980. The molecule has 2 amide bonds. The van der Waals surface area contributed by atoms with Gasteiger partial charge < -0.3 is 15.7 Å². The lowest BCUT2D eigenvalue weighted by molar-refractivity contribution is -0.113. The van der Waals surface area contributed by atoms with Crippen LogP contribution in [0.2, 0.25) is 5.02 Å². The molecular weight excluding hydrogens is 428 g/mol. The van der Waals surface area contributed by atoms with E-state index in [1.165, 1.54) is 30.3 Å². The summed E-state index contributed by atoms with van der Waals surface area (Å²) in [6.45, 7) is 0. The zero-order valence-electron chi connectivity index (χ0n) is 16.8. The Morgan fingerprint density at radius 3 is 2.16 bits per heavy atom. The number of nitrogens with one attached hydrogen (secondary N) is 2. The molecule has 160 valence electrons. The second-order valence-corrected chi connectivity index (χ2v) is 7.03. The second-order valence-electron chi connectivity index (χ2n) is 6.62. The highest BCUT2D eigenvalue weighted by Gasteiger charge is 2.16. The molecule has 0 atom stereocenters. The first-order valence-electron chi connectivity index (χ1n) is 9.58. The van der Waals surface area contributed by atoms with Crippen molar-refractivity contribution in [2.75, 3.05) is 5.32 Å². The molecule has 3 aromatic carbocycles. The van der Waals surface area contributed by atoms with E-state index in [-0.39, 0.29) is 21.8 Å². The van der Waals surface area contributed by atoms with Crippen LogP contribution in [-0.4, -0.2) is 22.9 Å². The summed E-state index contributed by atoms with van der Waals surface area (Å²) in [5, 5.41) is 14.5. The number of rotatable bonds is 7. The van der Waals surface area contributed by atoms with Crippen LogP contribution in [-0.2, 0) is 4.79 Å². The van der Waals surface area contributed by atoms with E-state index in [0.717, 1.165) is 5.56 Å². The normalized spacial score (nSPS) is 11.2. The number of allylic oxidation sites excluding steroid dienone is 2. The summed E-state index contributed by atoms with van der Waals surface area (Å²) in [5.74, 6) is -2.18. The average Bonchev–Trinajstić information content (AvgIpc) is 2.79. The highest BCUT2D eigenvalue weighted by Crippen LogP contribution is 2.16. The number of anilines is 1. The van der Waals surface area contributed by atoms with Gasteiger partial charge in [-0.25, -0.2) is 4.79 Å². The Morgan fingerprint density at radius 2 is 1.50 bits per heavy atom. The van der Waals surface area contributed by atoms with Crippen LogP contribution in [0.4, 0.5) is 5.69 Å². The first-order chi connectivity index (χ1) is 15.4. The summed E-state index contributed by atoms with van der Waals surface area (Å²) in [4.78, 5) is 36.5. The summed E-state index contributed by atoms with van der Waals surface area (Å²) >= 11 is 6.09. The highest BCUT2D eigenvalue weighted by molar-refractivity contribution is 6.34. The van der Waals surface area contributed by atoms with E-state index < -0.39 is 17.8 Å². The fourth-order valence-corrected chi connectivity index (χ4v) is 2.94. The number of hydrogen-bond acceptors (Lipinski definition) is 3. The van der Waals surface area contributed by atoms with Crippen LogP contribution in [0, 0.1) is 0 Å². The Bertz CT molecular complexity index is 1190. The number of carboxylic acids is 1. The van der Waals surface area contributed by atoms with Gasteiger partial charge in [-0.3, -0.25) is 9.59 Å². The Balaban J connectivity index is 1.83. The first-order valence-corrected chi connectivity index (χ1v) is 9.96. The predicted octanol–water partition coefficient (Wildman–Crippen LogP) is 5.00. The lowest BCUT2D eigenvalue weighted by atomic mass is 10.2. The topological polar surface area (TPSA) is 95.5 Å². The summed E-state index contributed by atoms with van der Waals surface area (Å²) in [6, 6.07) is 21.7. The lowest BCUT2D eigenvalue weighted by Gasteiger charge is -2.11. The first kappa shape index (κ1) is 22.5. The van der Waals surface area contributed by atoms with Gasteiger partial charge >= 0.3 is 5.97 Å². The highest BCUT2D eigenvalue weighted by atomic mass is 35.5. The third-order valence-electron chi connectivity index (χ3n) is 4.35. The fourth-order valence-electron chi connectivity index (χ4n) is 2.72. The number of carboxylic acid groups (broad SMARTS) is 1. The molecule has 6 nitrogen and oxygen atoms in total. The molecular formula is C25H19ClN2O4. The molecule has 3 rings (SSSR count). The molecule has 7 heteroatoms. The van der Waals surface area contributed by atoms with Gasteiger partial charge in [-0.1, -0.05) is 66.2 Å². The Kier molecular flexibility index (Phi) is 7.56. The van der Waals surface area contributed by atoms with Crippen LogP contribution >= 0.6 is 11.6 Å². The van der Waals surface area contributed by atoms with Crippen molar-refractivity contribution >= 4 is 41.1 Å². The third-order valence-corrected chi connectivity index (χ3v) is 4.68. The van der Waals surface area contributed by atoms with Crippen LogP contribution < -0.4 is 10.6 Å². The number of amides is 2. The minimum atomic E-state index is -1.07. The molecule has 0 aliphatic rings. The average molecular weight is 447 g/mol.